The number of amides is 1. The first-order valence-corrected chi connectivity index (χ1v) is 10.2. The van der Waals surface area contributed by atoms with Crippen LogP contribution in [0.5, 0.6) is 0 Å². The van der Waals surface area contributed by atoms with Crippen LogP contribution in [0.2, 0.25) is 5.02 Å². The van der Waals surface area contributed by atoms with Crippen LogP contribution in [0.15, 0.2) is 64.5 Å². The Balaban J connectivity index is 1.49. The van der Waals surface area contributed by atoms with Gasteiger partial charge in [-0.2, -0.15) is 0 Å². The summed E-state index contributed by atoms with van der Waals surface area (Å²) in [5.74, 6) is -1.07. The van der Waals surface area contributed by atoms with Gasteiger partial charge in [0.25, 0.3) is 5.91 Å². The lowest BCUT2D eigenvalue weighted by Gasteiger charge is -2.02. The van der Waals surface area contributed by atoms with Gasteiger partial charge in [-0.1, -0.05) is 51.8 Å². The number of aromatic nitrogens is 1. The van der Waals surface area contributed by atoms with E-state index in [4.69, 9.17) is 16.3 Å². The molecule has 0 atom stereocenters. The standard InChI is InChI=1S/C20H14BrClN2O3S/c21-15-3-1-2-14(10-15)17-12-28-20(23-17)24-18(25)11-27-19(26)9-6-13-4-7-16(22)8-5-13/h1-10,12H,11H2,(H,23,24,25). The molecule has 2 aromatic carbocycles. The number of hydrogen-bond donors (Lipinski definition) is 1. The summed E-state index contributed by atoms with van der Waals surface area (Å²) in [7, 11) is 0. The van der Waals surface area contributed by atoms with Gasteiger partial charge in [0.15, 0.2) is 11.7 Å². The number of hydrogen-bond acceptors (Lipinski definition) is 5. The maximum Gasteiger partial charge on any atom is 0.331 e. The zero-order valence-electron chi connectivity index (χ0n) is 14.4. The summed E-state index contributed by atoms with van der Waals surface area (Å²) in [6, 6.07) is 14.7. The molecule has 28 heavy (non-hydrogen) atoms. The Morgan fingerprint density at radius 3 is 2.75 bits per heavy atom. The first kappa shape index (κ1) is 20.3. The van der Waals surface area contributed by atoms with Crippen molar-refractivity contribution in [2.75, 3.05) is 11.9 Å². The summed E-state index contributed by atoms with van der Waals surface area (Å²) in [5.41, 5.74) is 2.49. The van der Waals surface area contributed by atoms with E-state index >= 15 is 0 Å². The average Bonchev–Trinajstić information content (AvgIpc) is 3.14. The van der Waals surface area contributed by atoms with Crippen LogP contribution in [0.4, 0.5) is 5.13 Å². The number of nitrogens with one attached hydrogen (secondary N) is 1. The maximum atomic E-state index is 12.0. The lowest BCUT2D eigenvalue weighted by Crippen LogP contribution is -2.20. The molecule has 3 rings (SSSR count). The van der Waals surface area contributed by atoms with E-state index in [9.17, 15) is 9.59 Å². The van der Waals surface area contributed by atoms with E-state index < -0.39 is 18.5 Å². The van der Waals surface area contributed by atoms with Gasteiger partial charge in [-0.05, 0) is 35.9 Å². The molecule has 1 amide bonds. The fourth-order valence-electron chi connectivity index (χ4n) is 2.19. The van der Waals surface area contributed by atoms with Crippen LogP contribution in [-0.4, -0.2) is 23.5 Å². The van der Waals surface area contributed by atoms with E-state index in [1.54, 1.807) is 30.3 Å². The number of halogens is 2. The molecule has 5 nitrogen and oxygen atoms in total. The normalized spacial score (nSPS) is 10.8. The van der Waals surface area contributed by atoms with Crippen LogP contribution in [0.25, 0.3) is 17.3 Å². The van der Waals surface area contributed by atoms with Crippen molar-refractivity contribution in [2.24, 2.45) is 0 Å². The molecule has 0 spiro atoms. The molecule has 0 aliphatic rings. The van der Waals surface area contributed by atoms with Gasteiger partial charge in [-0.3, -0.25) is 10.1 Å². The summed E-state index contributed by atoms with van der Waals surface area (Å²) < 4.78 is 5.88. The van der Waals surface area contributed by atoms with Crippen LogP contribution in [0.3, 0.4) is 0 Å². The van der Waals surface area contributed by atoms with Crippen molar-refractivity contribution < 1.29 is 14.3 Å². The van der Waals surface area contributed by atoms with Crippen molar-refractivity contribution >= 4 is 62.0 Å². The van der Waals surface area contributed by atoms with E-state index in [0.717, 1.165) is 21.3 Å². The summed E-state index contributed by atoms with van der Waals surface area (Å²) in [5, 5.41) is 5.52. The van der Waals surface area contributed by atoms with Crippen LogP contribution < -0.4 is 5.32 Å². The molecule has 1 N–H and O–H groups in total. The average molecular weight is 478 g/mol. The predicted molar refractivity (Wildman–Crippen MR) is 115 cm³/mol. The molecule has 0 fully saturated rings. The molecule has 142 valence electrons. The molecule has 0 aliphatic carbocycles. The number of thiazole rings is 1. The highest BCUT2D eigenvalue weighted by atomic mass is 79.9. The van der Waals surface area contributed by atoms with Crippen molar-refractivity contribution in [1.82, 2.24) is 4.98 Å². The second kappa shape index (κ2) is 9.64. The maximum absolute atomic E-state index is 12.0. The SMILES string of the molecule is O=C(COC(=O)C=Cc1ccc(Cl)cc1)Nc1nc(-c2cccc(Br)c2)cs1. The van der Waals surface area contributed by atoms with Crippen LogP contribution in [0.1, 0.15) is 5.56 Å². The molecule has 0 saturated carbocycles. The lowest BCUT2D eigenvalue weighted by atomic mass is 10.2. The van der Waals surface area contributed by atoms with Crippen LogP contribution in [0, 0.1) is 0 Å². The van der Waals surface area contributed by atoms with Gasteiger partial charge in [-0.25, -0.2) is 9.78 Å². The minimum atomic E-state index is -0.612. The second-order valence-corrected chi connectivity index (χ2v) is 7.80. The van der Waals surface area contributed by atoms with Gasteiger partial charge in [-0.15, -0.1) is 11.3 Å². The quantitative estimate of drug-likeness (QED) is 0.380. The summed E-state index contributed by atoms with van der Waals surface area (Å²) >= 11 is 10.5. The van der Waals surface area contributed by atoms with Crippen LogP contribution in [-0.2, 0) is 14.3 Å². The molecule has 3 aromatic rings. The summed E-state index contributed by atoms with van der Waals surface area (Å²) in [6.07, 6.45) is 2.84. The molecule has 0 aliphatic heterocycles. The number of anilines is 1. The second-order valence-electron chi connectivity index (χ2n) is 5.59. The van der Waals surface area contributed by atoms with Crippen molar-refractivity contribution in [1.29, 1.82) is 0 Å². The van der Waals surface area contributed by atoms with Gasteiger partial charge >= 0.3 is 5.97 Å². The lowest BCUT2D eigenvalue weighted by molar-refractivity contribution is -0.142. The minimum Gasteiger partial charge on any atom is -0.452 e. The van der Waals surface area contributed by atoms with E-state index in [0.29, 0.717) is 10.2 Å². The third-order valence-electron chi connectivity index (χ3n) is 3.50. The zero-order chi connectivity index (χ0) is 19.9. The molecular weight excluding hydrogens is 464 g/mol. The number of nitrogens with zero attached hydrogens (tertiary/aromatic N) is 1. The van der Waals surface area contributed by atoms with Crippen LogP contribution >= 0.6 is 38.9 Å². The zero-order valence-corrected chi connectivity index (χ0v) is 17.6. The largest absolute Gasteiger partial charge is 0.452 e. The van der Waals surface area contributed by atoms with E-state index in [1.165, 1.54) is 17.4 Å². The number of esters is 1. The van der Waals surface area contributed by atoms with E-state index in [-0.39, 0.29) is 0 Å². The fourth-order valence-corrected chi connectivity index (χ4v) is 3.45. The predicted octanol–water partition coefficient (Wildman–Crippen LogP) is 5.42. The summed E-state index contributed by atoms with van der Waals surface area (Å²) in [4.78, 5) is 28.1. The van der Waals surface area contributed by atoms with Crippen molar-refractivity contribution in [2.45, 2.75) is 0 Å². The Morgan fingerprint density at radius 2 is 2.00 bits per heavy atom. The fraction of sp³-hybridized carbons (Fsp3) is 0.0500. The number of rotatable bonds is 6. The summed E-state index contributed by atoms with van der Waals surface area (Å²) in [6.45, 7) is -0.393. The third-order valence-corrected chi connectivity index (χ3v) is 5.00. The smallest absolute Gasteiger partial charge is 0.331 e. The van der Waals surface area contributed by atoms with E-state index in [2.05, 4.69) is 26.2 Å². The van der Waals surface area contributed by atoms with Gasteiger partial charge in [0.05, 0.1) is 5.69 Å². The van der Waals surface area contributed by atoms with Crippen molar-refractivity contribution in [3.8, 4) is 11.3 Å². The molecule has 8 heteroatoms. The van der Waals surface area contributed by atoms with Crippen molar-refractivity contribution in [3.63, 3.8) is 0 Å². The van der Waals surface area contributed by atoms with E-state index in [1.807, 2.05) is 29.6 Å². The van der Waals surface area contributed by atoms with Gasteiger partial charge < -0.3 is 4.74 Å². The number of ether oxygens (including phenoxy) is 1. The van der Waals surface area contributed by atoms with Gasteiger partial charge in [0.1, 0.15) is 0 Å². The highest BCUT2D eigenvalue weighted by Crippen LogP contribution is 2.26. The Morgan fingerprint density at radius 1 is 1.21 bits per heavy atom. The molecule has 1 heterocycles. The highest BCUT2D eigenvalue weighted by Gasteiger charge is 2.10. The van der Waals surface area contributed by atoms with Crippen molar-refractivity contribution in [3.05, 3.63) is 75.0 Å². The molecule has 0 bridgehead atoms. The molecule has 0 unspecified atom stereocenters. The Hall–Kier alpha value is -2.48. The minimum absolute atomic E-state index is 0.393. The topological polar surface area (TPSA) is 68.3 Å². The monoisotopic (exact) mass is 476 g/mol. The first-order chi connectivity index (χ1) is 13.5. The Kier molecular flexibility index (Phi) is 6.97. The molecule has 0 radical (unpaired) electrons. The number of benzene rings is 2. The number of carbonyl (C=O) groups is 2. The Bertz CT molecular complexity index is 1020. The molecular formula is C20H14BrClN2O3S. The molecule has 0 saturated heterocycles. The Labute approximate surface area is 179 Å². The molecule has 1 aromatic heterocycles. The third kappa shape index (κ3) is 6.02. The highest BCUT2D eigenvalue weighted by molar-refractivity contribution is 9.10. The first-order valence-electron chi connectivity index (χ1n) is 8.11. The van der Waals surface area contributed by atoms with Gasteiger partial charge in [0.2, 0.25) is 0 Å². The number of carbonyl (C=O) groups excluding carboxylic acids is 2. The van der Waals surface area contributed by atoms with Gasteiger partial charge in [0, 0.05) is 26.5 Å².